The summed E-state index contributed by atoms with van der Waals surface area (Å²) in [6.07, 6.45) is 10.00. The first-order valence-electron chi connectivity index (χ1n) is 10.7. The number of rotatable bonds is 5. The molecule has 2 fully saturated rings. The molecular weight excluding hydrogens is 334 g/mol. The summed E-state index contributed by atoms with van der Waals surface area (Å²) in [5, 5.41) is 9.84. The zero-order valence-corrected chi connectivity index (χ0v) is 17.2. The SMILES string of the molecule is CN(C)CCOC/C=C1\CCC2C3CCc4cc(O)ccc4C3CCC12C. The van der Waals surface area contributed by atoms with Crippen molar-refractivity contribution in [1.29, 1.82) is 0 Å². The molecule has 4 rings (SSSR count). The van der Waals surface area contributed by atoms with E-state index in [1.54, 1.807) is 5.57 Å². The molecule has 0 saturated heterocycles. The van der Waals surface area contributed by atoms with Gasteiger partial charge in [-0.15, -0.1) is 0 Å². The zero-order chi connectivity index (χ0) is 19.0. The number of fused-ring (bicyclic) bond motifs is 5. The Bertz CT molecular complexity index is 710. The molecule has 0 aliphatic heterocycles. The lowest BCUT2D eigenvalue weighted by Gasteiger charge is -2.49. The number of hydrogen-bond donors (Lipinski definition) is 1. The molecule has 1 N–H and O–H groups in total. The molecule has 0 amide bonds. The third-order valence-electron chi connectivity index (χ3n) is 7.69. The molecule has 0 heterocycles. The van der Waals surface area contributed by atoms with Gasteiger partial charge in [0.25, 0.3) is 0 Å². The van der Waals surface area contributed by atoms with E-state index in [-0.39, 0.29) is 0 Å². The van der Waals surface area contributed by atoms with Gasteiger partial charge in [-0.3, -0.25) is 0 Å². The van der Waals surface area contributed by atoms with E-state index in [0.29, 0.717) is 17.1 Å². The van der Waals surface area contributed by atoms with E-state index in [2.05, 4.69) is 38.1 Å². The molecule has 4 atom stereocenters. The maximum absolute atomic E-state index is 9.84. The van der Waals surface area contributed by atoms with Crippen LogP contribution in [0.25, 0.3) is 0 Å². The average molecular weight is 370 g/mol. The maximum Gasteiger partial charge on any atom is 0.115 e. The standard InChI is InChI=1S/C24H35NO2/c1-24-12-10-21-20-8-6-19(26)16-17(20)4-7-22(21)23(24)9-5-18(24)11-14-27-15-13-25(2)3/h6,8,11,16,21-23,26H,4-5,7,9-10,12-15H2,1-3H3/b18-11+. The van der Waals surface area contributed by atoms with E-state index < -0.39 is 0 Å². The van der Waals surface area contributed by atoms with E-state index in [9.17, 15) is 5.11 Å². The monoisotopic (exact) mass is 369 g/mol. The van der Waals surface area contributed by atoms with Crippen molar-refractivity contribution in [2.45, 2.75) is 51.4 Å². The normalized spacial score (nSPS) is 33.8. The van der Waals surface area contributed by atoms with Gasteiger partial charge >= 0.3 is 0 Å². The summed E-state index contributed by atoms with van der Waals surface area (Å²) in [7, 11) is 4.18. The van der Waals surface area contributed by atoms with Gasteiger partial charge in [0.1, 0.15) is 5.75 Å². The number of phenolic OH excluding ortho intramolecular Hbond substituents is 1. The van der Waals surface area contributed by atoms with Crippen LogP contribution in [0.2, 0.25) is 0 Å². The Balaban J connectivity index is 1.46. The number of aryl methyl sites for hydroxylation is 1. The van der Waals surface area contributed by atoms with E-state index >= 15 is 0 Å². The molecule has 1 aromatic rings. The second-order valence-corrected chi connectivity index (χ2v) is 9.40. The van der Waals surface area contributed by atoms with Gasteiger partial charge in [-0.05, 0) is 99.0 Å². The Labute approximate surface area is 164 Å². The number of ether oxygens (including phenoxy) is 1. The van der Waals surface area contributed by atoms with Crippen LogP contribution < -0.4 is 0 Å². The molecule has 2 saturated carbocycles. The van der Waals surface area contributed by atoms with Crippen LogP contribution in [0.15, 0.2) is 29.8 Å². The Hall–Kier alpha value is -1.32. The zero-order valence-electron chi connectivity index (χ0n) is 17.2. The summed E-state index contributed by atoms with van der Waals surface area (Å²) < 4.78 is 5.85. The van der Waals surface area contributed by atoms with Crippen molar-refractivity contribution in [1.82, 2.24) is 4.90 Å². The summed E-state index contributed by atoms with van der Waals surface area (Å²) in [4.78, 5) is 2.17. The number of hydrogen-bond acceptors (Lipinski definition) is 3. The number of allylic oxidation sites excluding steroid dienone is 1. The summed E-state index contributed by atoms with van der Waals surface area (Å²) >= 11 is 0. The second kappa shape index (κ2) is 7.60. The van der Waals surface area contributed by atoms with Gasteiger partial charge in [0.15, 0.2) is 0 Å². The van der Waals surface area contributed by atoms with Gasteiger partial charge in [-0.25, -0.2) is 0 Å². The van der Waals surface area contributed by atoms with Crippen LogP contribution in [0.1, 0.15) is 56.1 Å². The lowest BCUT2D eigenvalue weighted by molar-refractivity contribution is 0.0801. The summed E-state index contributed by atoms with van der Waals surface area (Å²) in [5.74, 6) is 2.74. The third-order valence-corrected chi connectivity index (χ3v) is 7.69. The number of benzene rings is 1. The largest absolute Gasteiger partial charge is 0.508 e. The molecule has 4 unspecified atom stereocenters. The topological polar surface area (TPSA) is 32.7 Å². The minimum Gasteiger partial charge on any atom is -0.508 e. The molecule has 3 aliphatic rings. The maximum atomic E-state index is 9.84. The minimum absolute atomic E-state index is 0.375. The number of likely N-dealkylation sites (N-methyl/N-ethyl adjacent to an activating group) is 1. The fraction of sp³-hybridized carbons (Fsp3) is 0.667. The van der Waals surface area contributed by atoms with Gasteiger partial charge < -0.3 is 14.7 Å². The number of phenols is 1. The van der Waals surface area contributed by atoms with Crippen molar-refractivity contribution in [2.24, 2.45) is 17.3 Å². The van der Waals surface area contributed by atoms with E-state index in [0.717, 1.165) is 38.0 Å². The van der Waals surface area contributed by atoms with E-state index in [1.165, 1.54) is 43.2 Å². The molecule has 0 radical (unpaired) electrons. The van der Waals surface area contributed by atoms with Gasteiger partial charge in [0.05, 0.1) is 13.2 Å². The molecule has 148 valence electrons. The third kappa shape index (κ3) is 3.56. The fourth-order valence-electron chi connectivity index (χ4n) is 6.24. The highest BCUT2D eigenvalue weighted by Crippen LogP contribution is 2.62. The second-order valence-electron chi connectivity index (χ2n) is 9.40. The van der Waals surface area contributed by atoms with Crippen LogP contribution in [0.5, 0.6) is 5.75 Å². The predicted octanol–water partition coefficient (Wildman–Crippen LogP) is 4.75. The molecule has 3 aliphatic carbocycles. The summed E-state index contributed by atoms with van der Waals surface area (Å²) in [5.41, 5.74) is 4.95. The van der Waals surface area contributed by atoms with Crippen LogP contribution in [-0.4, -0.2) is 43.9 Å². The van der Waals surface area contributed by atoms with E-state index in [1.807, 2.05) is 12.1 Å². The van der Waals surface area contributed by atoms with Crippen molar-refractivity contribution >= 4 is 0 Å². The van der Waals surface area contributed by atoms with Crippen LogP contribution in [0.4, 0.5) is 0 Å². The van der Waals surface area contributed by atoms with Gasteiger partial charge in [-0.2, -0.15) is 0 Å². The van der Waals surface area contributed by atoms with Crippen molar-refractivity contribution in [3.05, 3.63) is 41.0 Å². The number of nitrogens with zero attached hydrogens (tertiary/aromatic N) is 1. The molecule has 3 heteroatoms. The average Bonchev–Trinajstić information content (AvgIpc) is 2.97. The summed E-state index contributed by atoms with van der Waals surface area (Å²) in [6.45, 7) is 5.09. The highest BCUT2D eigenvalue weighted by Gasteiger charge is 2.52. The van der Waals surface area contributed by atoms with E-state index in [4.69, 9.17) is 4.74 Å². The molecule has 0 aromatic heterocycles. The molecular formula is C24H35NO2. The Morgan fingerprint density at radius 1 is 1.22 bits per heavy atom. The van der Waals surface area contributed by atoms with Crippen molar-refractivity contribution in [3.63, 3.8) is 0 Å². The quantitative estimate of drug-likeness (QED) is 0.600. The minimum atomic E-state index is 0.375. The first kappa shape index (κ1) is 19.0. The molecule has 1 aromatic carbocycles. The highest BCUT2D eigenvalue weighted by atomic mass is 16.5. The molecule has 0 bridgehead atoms. The van der Waals surface area contributed by atoms with Crippen molar-refractivity contribution in [2.75, 3.05) is 33.9 Å². The van der Waals surface area contributed by atoms with Gasteiger partial charge in [-0.1, -0.05) is 24.6 Å². The molecule has 0 spiro atoms. The lowest BCUT2D eigenvalue weighted by Crippen LogP contribution is -2.40. The number of aromatic hydroxyl groups is 1. The highest BCUT2D eigenvalue weighted by molar-refractivity contribution is 5.40. The smallest absolute Gasteiger partial charge is 0.115 e. The fourth-order valence-corrected chi connectivity index (χ4v) is 6.24. The Morgan fingerprint density at radius 3 is 2.89 bits per heavy atom. The van der Waals surface area contributed by atoms with Gasteiger partial charge in [0.2, 0.25) is 0 Å². The first-order valence-corrected chi connectivity index (χ1v) is 10.7. The van der Waals surface area contributed by atoms with Crippen molar-refractivity contribution in [3.8, 4) is 5.75 Å². The Kier molecular flexibility index (Phi) is 5.35. The first-order chi connectivity index (χ1) is 13.0. The lowest BCUT2D eigenvalue weighted by atomic mass is 9.55. The van der Waals surface area contributed by atoms with Crippen LogP contribution >= 0.6 is 0 Å². The van der Waals surface area contributed by atoms with Crippen molar-refractivity contribution < 1.29 is 9.84 Å². The molecule has 27 heavy (non-hydrogen) atoms. The predicted molar refractivity (Wildman–Crippen MR) is 110 cm³/mol. The van der Waals surface area contributed by atoms with Crippen LogP contribution in [0.3, 0.4) is 0 Å². The van der Waals surface area contributed by atoms with Gasteiger partial charge in [0, 0.05) is 6.54 Å². The summed E-state index contributed by atoms with van der Waals surface area (Å²) in [6, 6.07) is 6.10. The van der Waals surface area contributed by atoms with Crippen LogP contribution in [0, 0.1) is 17.3 Å². The molecule has 3 nitrogen and oxygen atoms in total. The Morgan fingerprint density at radius 2 is 2.07 bits per heavy atom. The van der Waals surface area contributed by atoms with Crippen LogP contribution in [-0.2, 0) is 11.2 Å².